The first kappa shape index (κ1) is 16.4. The molecule has 1 N–H and O–H groups in total. The lowest BCUT2D eigenvalue weighted by Crippen LogP contribution is -2.36. The van der Waals surface area contributed by atoms with E-state index in [1.807, 2.05) is 0 Å². The summed E-state index contributed by atoms with van der Waals surface area (Å²) >= 11 is 0. The van der Waals surface area contributed by atoms with Crippen LogP contribution in [-0.4, -0.2) is 45.0 Å². The molecule has 1 amide bonds. The molecule has 6 heteroatoms. The normalized spacial score (nSPS) is 24.4. The first-order valence-corrected chi connectivity index (χ1v) is 8.59. The largest absolute Gasteiger partial charge is 0.355 e. The van der Waals surface area contributed by atoms with Crippen LogP contribution in [0.25, 0.3) is 0 Å². The van der Waals surface area contributed by atoms with E-state index < -0.39 is 21.7 Å². The van der Waals surface area contributed by atoms with E-state index in [0.717, 1.165) is 16.6 Å². The fraction of sp³-hybridized carbons (Fsp3) is 0.923. The molecule has 2 atom stereocenters. The van der Waals surface area contributed by atoms with Gasteiger partial charge in [-0.2, -0.15) is 0 Å². The number of hydrogen-bond acceptors (Lipinski definition) is 3. The van der Waals surface area contributed by atoms with Crippen LogP contribution in [0.3, 0.4) is 0 Å². The minimum atomic E-state index is -3.44. The third-order valence-electron chi connectivity index (χ3n) is 3.79. The molecule has 0 spiro atoms. The Bertz CT molecular complexity index is 393. The standard InChI is InChI=1S/C13H26N2O3S/c1-11-5-4-6-12(9-11)7-8-14-13(16)10-19(17,18)15(2)3/h11-12H,4-10H2,1-3H3,(H,14,16)/t11-,12+/m1/s1. The molecule has 0 aromatic carbocycles. The highest BCUT2D eigenvalue weighted by Gasteiger charge is 2.20. The lowest BCUT2D eigenvalue weighted by atomic mass is 9.81. The van der Waals surface area contributed by atoms with Crippen molar-refractivity contribution in [1.29, 1.82) is 0 Å². The lowest BCUT2D eigenvalue weighted by Gasteiger charge is -2.26. The average molecular weight is 290 g/mol. The molecule has 0 bridgehead atoms. The Labute approximate surface area is 116 Å². The second-order valence-electron chi connectivity index (χ2n) is 5.82. The van der Waals surface area contributed by atoms with Gasteiger partial charge >= 0.3 is 0 Å². The van der Waals surface area contributed by atoms with Crippen LogP contribution in [0.4, 0.5) is 0 Å². The Kier molecular flexibility index (Phi) is 6.26. The van der Waals surface area contributed by atoms with Crippen LogP contribution in [0.1, 0.15) is 39.0 Å². The highest BCUT2D eigenvalue weighted by molar-refractivity contribution is 7.89. The van der Waals surface area contributed by atoms with E-state index >= 15 is 0 Å². The maximum absolute atomic E-state index is 11.6. The van der Waals surface area contributed by atoms with Gasteiger partial charge in [0.1, 0.15) is 5.75 Å². The molecular weight excluding hydrogens is 264 g/mol. The molecule has 1 rings (SSSR count). The Morgan fingerprint density at radius 3 is 2.58 bits per heavy atom. The van der Waals surface area contributed by atoms with Crippen LogP contribution in [0.15, 0.2) is 0 Å². The van der Waals surface area contributed by atoms with Gasteiger partial charge in [0.25, 0.3) is 0 Å². The first-order chi connectivity index (χ1) is 8.81. The second-order valence-corrected chi connectivity index (χ2v) is 8.00. The smallest absolute Gasteiger partial charge is 0.236 e. The summed E-state index contributed by atoms with van der Waals surface area (Å²) in [7, 11) is -0.567. The zero-order valence-electron chi connectivity index (χ0n) is 12.2. The SMILES string of the molecule is C[C@@H]1CCC[C@@H](CCNC(=O)CS(=O)(=O)N(C)C)C1. The highest BCUT2D eigenvalue weighted by Crippen LogP contribution is 2.30. The van der Waals surface area contributed by atoms with Crippen molar-refractivity contribution in [3.8, 4) is 0 Å². The van der Waals surface area contributed by atoms with Gasteiger partial charge in [-0.25, -0.2) is 12.7 Å². The van der Waals surface area contributed by atoms with E-state index in [1.165, 1.54) is 39.8 Å². The van der Waals surface area contributed by atoms with Crippen LogP contribution in [0.2, 0.25) is 0 Å². The molecule has 1 aliphatic carbocycles. The maximum Gasteiger partial charge on any atom is 0.236 e. The van der Waals surface area contributed by atoms with Crippen molar-refractivity contribution in [2.45, 2.75) is 39.0 Å². The van der Waals surface area contributed by atoms with Gasteiger partial charge in [-0.05, 0) is 24.7 Å². The van der Waals surface area contributed by atoms with Gasteiger partial charge in [0.15, 0.2) is 0 Å². The van der Waals surface area contributed by atoms with Crippen LogP contribution >= 0.6 is 0 Å². The summed E-state index contributed by atoms with van der Waals surface area (Å²) in [5.41, 5.74) is 0. The van der Waals surface area contributed by atoms with Crippen molar-refractivity contribution >= 4 is 15.9 Å². The Morgan fingerprint density at radius 1 is 1.32 bits per heavy atom. The summed E-state index contributed by atoms with van der Waals surface area (Å²) in [6, 6.07) is 0. The second kappa shape index (κ2) is 7.24. The summed E-state index contributed by atoms with van der Waals surface area (Å²) in [5.74, 6) is 0.594. The molecule has 0 heterocycles. The highest BCUT2D eigenvalue weighted by atomic mass is 32.2. The molecule has 19 heavy (non-hydrogen) atoms. The van der Waals surface area contributed by atoms with Crippen molar-refractivity contribution in [2.75, 3.05) is 26.4 Å². The van der Waals surface area contributed by atoms with Crippen LogP contribution < -0.4 is 5.32 Å². The van der Waals surface area contributed by atoms with Crippen molar-refractivity contribution in [2.24, 2.45) is 11.8 Å². The summed E-state index contributed by atoms with van der Waals surface area (Å²) in [6.45, 7) is 2.85. The molecular formula is C13H26N2O3S. The number of sulfonamides is 1. The Hall–Kier alpha value is -0.620. The topological polar surface area (TPSA) is 66.5 Å². The Balaban J connectivity index is 2.24. The number of carbonyl (C=O) groups is 1. The van der Waals surface area contributed by atoms with Gasteiger partial charge < -0.3 is 5.32 Å². The monoisotopic (exact) mass is 290 g/mol. The molecule has 0 unspecified atom stereocenters. The molecule has 0 aliphatic heterocycles. The van der Waals surface area contributed by atoms with Gasteiger partial charge in [-0.15, -0.1) is 0 Å². The van der Waals surface area contributed by atoms with E-state index in [1.54, 1.807) is 0 Å². The van der Waals surface area contributed by atoms with Crippen molar-refractivity contribution in [3.05, 3.63) is 0 Å². The fourth-order valence-electron chi connectivity index (χ4n) is 2.58. The van der Waals surface area contributed by atoms with E-state index in [4.69, 9.17) is 0 Å². The zero-order valence-corrected chi connectivity index (χ0v) is 13.0. The predicted molar refractivity (Wildman–Crippen MR) is 76.2 cm³/mol. The third-order valence-corrected chi connectivity index (χ3v) is 5.53. The number of rotatable bonds is 6. The lowest BCUT2D eigenvalue weighted by molar-refractivity contribution is -0.118. The molecule has 112 valence electrons. The molecule has 0 radical (unpaired) electrons. The van der Waals surface area contributed by atoms with Gasteiger partial charge in [0, 0.05) is 20.6 Å². The quantitative estimate of drug-likeness (QED) is 0.799. The number of amides is 1. The number of carbonyl (C=O) groups excluding carboxylic acids is 1. The predicted octanol–water partition coefficient (Wildman–Crippen LogP) is 1.21. The van der Waals surface area contributed by atoms with Gasteiger partial charge in [0.05, 0.1) is 0 Å². The van der Waals surface area contributed by atoms with Crippen molar-refractivity contribution < 1.29 is 13.2 Å². The molecule has 0 aromatic heterocycles. The van der Waals surface area contributed by atoms with Gasteiger partial charge in [-0.1, -0.05) is 26.2 Å². The molecule has 0 saturated heterocycles. The van der Waals surface area contributed by atoms with E-state index in [2.05, 4.69) is 12.2 Å². The summed E-state index contributed by atoms with van der Waals surface area (Å²) in [4.78, 5) is 11.6. The molecule has 1 fully saturated rings. The average Bonchev–Trinajstić information content (AvgIpc) is 2.28. The molecule has 1 saturated carbocycles. The van der Waals surface area contributed by atoms with Gasteiger partial charge in [-0.3, -0.25) is 4.79 Å². The van der Waals surface area contributed by atoms with E-state index in [0.29, 0.717) is 12.5 Å². The Morgan fingerprint density at radius 2 is 2.00 bits per heavy atom. The fourth-order valence-corrected chi connectivity index (χ4v) is 3.28. The number of hydrogen-bond donors (Lipinski definition) is 1. The summed E-state index contributed by atoms with van der Waals surface area (Å²) in [6.07, 6.45) is 6.00. The first-order valence-electron chi connectivity index (χ1n) is 6.98. The van der Waals surface area contributed by atoms with E-state index in [9.17, 15) is 13.2 Å². The minimum absolute atomic E-state index is 0.405. The third kappa shape index (κ3) is 5.91. The number of nitrogens with zero attached hydrogens (tertiary/aromatic N) is 1. The zero-order chi connectivity index (χ0) is 14.5. The summed E-state index contributed by atoms with van der Waals surface area (Å²) < 4.78 is 24.1. The van der Waals surface area contributed by atoms with Crippen molar-refractivity contribution in [1.82, 2.24) is 9.62 Å². The van der Waals surface area contributed by atoms with Crippen LogP contribution in [0, 0.1) is 11.8 Å². The van der Waals surface area contributed by atoms with Gasteiger partial charge in [0.2, 0.25) is 15.9 Å². The number of nitrogens with one attached hydrogen (secondary N) is 1. The molecule has 1 aliphatic rings. The van der Waals surface area contributed by atoms with E-state index in [-0.39, 0.29) is 0 Å². The van der Waals surface area contributed by atoms with Crippen LogP contribution in [0.5, 0.6) is 0 Å². The van der Waals surface area contributed by atoms with Crippen LogP contribution in [-0.2, 0) is 14.8 Å². The maximum atomic E-state index is 11.6. The summed E-state index contributed by atoms with van der Waals surface area (Å²) in [5, 5.41) is 2.71. The molecule has 5 nitrogen and oxygen atoms in total. The minimum Gasteiger partial charge on any atom is -0.355 e. The molecule has 0 aromatic rings. The van der Waals surface area contributed by atoms with Crippen molar-refractivity contribution in [3.63, 3.8) is 0 Å².